The van der Waals surface area contributed by atoms with E-state index in [4.69, 9.17) is 9.47 Å². The molecule has 0 aliphatic carbocycles. The van der Waals surface area contributed by atoms with Gasteiger partial charge in [0.1, 0.15) is 11.2 Å². The quantitative estimate of drug-likeness (QED) is 0.550. The number of piperidine rings is 1. The fourth-order valence-electron chi connectivity index (χ4n) is 2.00. The monoisotopic (exact) mass is 297 g/mol. The lowest BCUT2D eigenvalue weighted by Gasteiger charge is -2.31. The van der Waals surface area contributed by atoms with Crippen molar-refractivity contribution in [3.8, 4) is 0 Å². The van der Waals surface area contributed by atoms with Crippen molar-refractivity contribution >= 4 is 12.1 Å². The standard InChI is InChI=1S/C16H27NO4/c1-15(2,3)20-13(18)10-12-8-7-9-17(11-12)14(19)21-16(4,5)6/h10H,7-9,11H2,1-6H3. The Kier molecular flexibility index (Phi) is 5.42. The molecule has 1 rings (SSSR count). The summed E-state index contributed by atoms with van der Waals surface area (Å²) in [6.45, 7) is 12.1. The maximum atomic E-state index is 12.0. The lowest BCUT2D eigenvalue weighted by Crippen LogP contribution is -2.40. The summed E-state index contributed by atoms with van der Waals surface area (Å²) in [4.78, 5) is 25.5. The Balaban J connectivity index is 2.63. The zero-order valence-corrected chi connectivity index (χ0v) is 14.0. The van der Waals surface area contributed by atoms with E-state index in [1.54, 1.807) is 4.90 Å². The van der Waals surface area contributed by atoms with Crippen LogP contribution in [0, 0.1) is 0 Å². The van der Waals surface area contributed by atoms with Crippen molar-refractivity contribution in [2.75, 3.05) is 13.1 Å². The Morgan fingerprint density at radius 1 is 1.05 bits per heavy atom. The molecule has 0 radical (unpaired) electrons. The molecule has 0 aromatic heterocycles. The molecule has 0 aromatic carbocycles. The smallest absolute Gasteiger partial charge is 0.410 e. The zero-order chi connectivity index (χ0) is 16.3. The molecule has 0 unspecified atom stereocenters. The molecule has 120 valence electrons. The van der Waals surface area contributed by atoms with Gasteiger partial charge in [-0.2, -0.15) is 0 Å². The Hall–Kier alpha value is -1.52. The molecule has 0 saturated carbocycles. The van der Waals surface area contributed by atoms with Crippen molar-refractivity contribution in [2.24, 2.45) is 0 Å². The SMILES string of the molecule is CC(C)(C)OC(=O)C=C1CCCN(C(=O)OC(C)(C)C)C1. The summed E-state index contributed by atoms with van der Waals surface area (Å²) in [5, 5.41) is 0. The first kappa shape index (κ1) is 17.5. The van der Waals surface area contributed by atoms with E-state index in [9.17, 15) is 9.59 Å². The highest BCUT2D eigenvalue weighted by Gasteiger charge is 2.25. The highest BCUT2D eigenvalue weighted by atomic mass is 16.6. The van der Waals surface area contributed by atoms with Gasteiger partial charge in [-0.05, 0) is 60.0 Å². The molecule has 1 heterocycles. The molecule has 5 nitrogen and oxygen atoms in total. The summed E-state index contributed by atoms with van der Waals surface area (Å²) in [6.07, 6.45) is 2.80. The Labute approximate surface area is 127 Å². The first-order valence-corrected chi connectivity index (χ1v) is 7.37. The Morgan fingerprint density at radius 3 is 2.14 bits per heavy atom. The molecule has 0 atom stereocenters. The summed E-state index contributed by atoms with van der Waals surface area (Å²) in [5.74, 6) is -0.358. The van der Waals surface area contributed by atoms with E-state index in [-0.39, 0.29) is 12.1 Å². The van der Waals surface area contributed by atoms with Gasteiger partial charge in [-0.3, -0.25) is 0 Å². The van der Waals surface area contributed by atoms with Gasteiger partial charge in [-0.25, -0.2) is 9.59 Å². The second-order valence-corrected chi connectivity index (χ2v) is 7.34. The molecule has 1 saturated heterocycles. The first-order valence-electron chi connectivity index (χ1n) is 7.37. The van der Waals surface area contributed by atoms with Crippen LogP contribution in [0.5, 0.6) is 0 Å². The van der Waals surface area contributed by atoms with Crippen LogP contribution in [0.4, 0.5) is 4.79 Å². The lowest BCUT2D eigenvalue weighted by atomic mass is 10.0. The maximum Gasteiger partial charge on any atom is 0.410 e. The molecule has 0 bridgehead atoms. The number of rotatable bonds is 1. The van der Waals surface area contributed by atoms with Gasteiger partial charge in [-0.1, -0.05) is 0 Å². The van der Waals surface area contributed by atoms with E-state index in [0.29, 0.717) is 13.1 Å². The minimum atomic E-state index is -0.510. The number of likely N-dealkylation sites (tertiary alicyclic amines) is 1. The fraction of sp³-hybridized carbons (Fsp3) is 0.750. The van der Waals surface area contributed by atoms with Gasteiger partial charge >= 0.3 is 12.1 Å². The van der Waals surface area contributed by atoms with Gasteiger partial charge < -0.3 is 14.4 Å². The van der Waals surface area contributed by atoms with Crippen LogP contribution in [0.1, 0.15) is 54.4 Å². The number of hydrogen-bond acceptors (Lipinski definition) is 4. The van der Waals surface area contributed by atoms with E-state index >= 15 is 0 Å². The van der Waals surface area contributed by atoms with Gasteiger partial charge in [0.05, 0.1) is 0 Å². The molecule has 1 aliphatic rings. The van der Waals surface area contributed by atoms with Crippen LogP contribution in [0.2, 0.25) is 0 Å². The van der Waals surface area contributed by atoms with Crippen LogP contribution in [0.3, 0.4) is 0 Å². The molecular weight excluding hydrogens is 270 g/mol. The van der Waals surface area contributed by atoms with Crippen LogP contribution < -0.4 is 0 Å². The molecule has 21 heavy (non-hydrogen) atoms. The topological polar surface area (TPSA) is 55.8 Å². The Morgan fingerprint density at radius 2 is 1.62 bits per heavy atom. The molecule has 1 aliphatic heterocycles. The number of carbonyl (C=O) groups is 2. The van der Waals surface area contributed by atoms with Crippen LogP contribution in [-0.4, -0.2) is 41.3 Å². The van der Waals surface area contributed by atoms with Crippen molar-refractivity contribution in [1.29, 1.82) is 0 Å². The van der Waals surface area contributed by atoms with Crippen LogP contribution in [0.25, 0.3) is 0 Å². The molecule has 0 N–H and O–H groups in total. The molecule has 5 heteroatoms. The van der Waals surface area contributed by atoms with Crippen molar-refractivity contribution in [1.82, 2.24) is 4.90 Å². The van der Waals surface area contributed by atoms with Crippen molar-refractivity contribution < 1.29 is 19.1 Å². The summed E-state index contributed by atoms with van der Waals surface area (Å²) in [6, 6.07) is 0. The Bertz CT molecular complexity index is 427. The number of carbonyl (C=O) groups excluding carboxylic acids is 2. The van der Waals surface area contributed by atoms with Crippen molar-refractivity contribution in [2.45, 2.75) is 65.6 Å². The highest BCUT2D eigenvalue weighted by Crippen LogP contribution is 2.19. The first-order chi connectivity index (χ1) is 9.46. The minimum absolute atomic E-state index is 0.336. The number of hydrogen-bond donors (Lipinski definition) is 0. The molecule has 0 aromatic rings. The summed E-state index contributed by atoms with van der Waals surface area (Å²) in [5.41, 5.74) is -0.113. The average Bonchev–Trinajstić information content (AvgIpc) is 2.24. The molecule has 1 amide bonds. The van der Waals surface area contributed by atoms with Gasteiger partial charge in [0, 0.05) is 19.2 Å². The van der Waals surface area contributed by atoms with E-state index in [1.807, 2.05) is 41.5 Å². The third-order valence-electron chi connectivity index (χ3n) is 2.70. The zero-order valence-electron chi connectivity index (χ0n) is 14.0. The van der Waals surface area contributed by atoms with E-state index in [0.717, 1.165) is 18.4 Å². The van der Waals surface area contributed by atoms with E-state index in [1.165, 1.54) is 6.08 Å². The molecular formula is C16H27NO4. The maximum absolute atomic E-state index is 12.0. The second kappa shape index (κ2) is 6.50. The molecule has 1 fully saturated rings. The fourth-order valence-corrected chi connectivity index (χ4v) is 2.00. The minimum Gasteiger partial charge on any atom is -0.457 e. The van der Waals surface area contributed by atoms with Crippen LogP contribution >= 0.6 is 0 Å². The molecule has 0 spiro atoms. The average molecular weight is 297 g/mol. The summed E-state index contributed by atoms with van der Waals surface area (Å²) >= 11 is 0. The van der Waals surface area contributed by atoms with Gasteiger partial charge in [-0.15, -0.1) is 0 Å². The van der Waals surface area contributed by atoms with Crippen molar-refractivity contribution in [3.63, 3.8) is 0 Å². The van der Waals surface area contributed by atoms with Crippen molar-refractivity contribution in [3.05, 3.63) is 11.6 Å². The number of nitrogens with zero attached hydrogens (tertiary/aromatic N) is 1. The largest absolute Gasteiger partial charge is 0.457 e. The highest BCUT2D eigenvalue weighted by molar-refractivity contribution is 5.83. The predicted octanol–water partition coefficient (Wildman–Crippen LogP) is 3.29. The summed E-state index contributed by atoms with van der Waals surface area (Å²) in [7, 11) is 0. The van der Waals surface area contributed by atoms with Gasteiger partial charge in [0.25, 0.3) is 0 Å². The van der Waals surface area contributed by atoms with Gasteiger partial charge in [0.2, 0.25) is 0 Å². The van der Waals surface area contributed by atoms with Crippen LogP contribution in [-0.2, 0) is 14.3 Å². The van der Waals surface area contributed by atoms with E-state index in [2.05, 4.69) is 0 Å². The number of ether oxygens (including phenoxy) is 2. The van der Waals surface area contributed by atoms with E-state index < -0.39 is 11.2 Å². The summed E-state index contributed by atoms with van der Waals surface area (Å²) < 4.78 is 10.6. The third kappa shape index (κ3) is 7.16. The van der Waals surface area contributed by atoms with Crippen LogP contribution in [0.15, 0.2) is 11.6 Å². The third-order valence-corrected chi connectivity index (χ3v) is 2.70. The second-order valence-electron chi connectivity index (χ2n) is 7.34. The number of amides is 1. The number of esters is 1. The predicted molar refractivity (Wildman–Crippen MR) is 81.0 cm³/mol. The lowest BCUT2D eigenvalue weighted by molar-refractivity contribution is -0.148. The normalized spacial score (nSPS) is 18.6. The van der Waals surface area contributed by atoms with Gasteiger partial charge in [0.15, 0.2) is 0 Å².